The third-order valence-corrected chi connectivity index (χ3v) is 4.54. The molecule has 1 aliphatic rings. The molecular weight excluding hydrogens is 302 g/mol. The first-order valence-electron chi connectivity index (χ1n) is 8.52. The number of nitrogens with zero attached hydrogens (tertiary/aromatic N) is 2. The van der Waals surface area contributed by atoms with E-state index in [2.05, 4.69) is 10.3 Å². The summed E-state index contributed by atoms with van der Waals surface area (Å²) in [5.41, 5.74) is 2.06. The van der Waals surface area contributed by atoms with Gasteiger partial charge in [0.1, 0.15) is 6.04 Å². The summed E-state index contributed by atoms with van der Waals surface area (Å²) in [6.07, 6.45) is 3.26. The Balaban J connectivity index is 1.74. The molecule has 1 N–H and O–H groups in total. The number of fused-ring (bicyclic) bond motifs is 1. The van der Waals surface area contributed by atoms with Crippen LogP contribution < -0.4 is 5.32 Å². The Hall–Kier alpha value is -2.43. The molecule has 126 valence electrons. The largest absolute Gasteiger partial charge is 0.341 e. The molecule has 0 bridgehead atoms. The first kappa shape index (κ1) is 16.4. The Kier molecular flexibility index (Phi) is 4.79. The van der Waals surface area contributed by atoms with Crippen LogP contribution in [0.25, 0.3) is 10.9 Å². The van der Waals surface area contributed by atoms with Crippen molar-refractivity contribution in [2.75, 3.05) is 13.1 Å². The number of benzene rings is 1. The van der Waals surface area contributed by atoms with Crippen molar-refractivity contribution in [2.45, 2.75) is 39.2 Å². The number of piperidine rings is 1. The van der Waals surface area contributed by atoms with Gasteiger partial charge in [0.05, 0.1) is 16.8 Å². The molecule has 5 heteroatoms. The summed E-state index contributed by atoms with van der Waals surface area (Å²) in [5, 5.41) is 3.75. The van der Waals surface area contributed by atoms with Crippen molar-refractivity contribution in [2.24, 2.45) is 0 Å². The molecule has 0 spiro atoms. The monoisotopic (exact) mass is 325 g/mol. The van der Waals surface area contributed by atoms with E-state index in [9.17, 15) is 9.59 Å². The summed E-state index contributed by atoms with van der Waals surface area (Å²) < 4.78 is 0. The lowest BCUT2D eigenvalue weighted by Crippen LogP contribution is -2.48. The number of hydrogen-bond acceptors (Lipinski definition) is 3. The second-order valence-corrected chi connectivity index (χ2v) is 6.40. The number of para-hydroxylation sites is 1. The maximum Gasteiger partial charge on any atom is 0.253 e. The van der Waals surface area contributed by atoms with Crippen molar-refractivity contribution in [1.82, 2.24) is 15.2 Å². The molecule has 3 rings (SSSR count). The highest BCUT2D eigenvalue weighted by atomic mass is 16.2. The molecule has 2 amide bonds. The van der Waals surface area contributed by atoms with E-state index in [0.29, 0.717) is 11.3 Å². The highest BCUT2D eigenvalue weighted by Gasteiger charge is 2.24. The molecule has 1 atom stereocenters. The van der Waals surface area contributed by atoms with Crippen LogP contribution in [-0.4, -0.2) is 40.8 Å². The van der Waals surface area contributed by atoms with Gasteiger partial charge in [0.2, 0.25) is 5.91 Å². The lowest BCUT2D eigenvalue weighted by molar-refractivity contribution is -0.133. The first-order chi connectivity index (χ1) is 11.6. The Morgan fingerprint density at radius 2 is 1.88 bits per heavy atom. The van der Waals surface area contributed by atoms with E-state index in [0.717, 1.165) is 36.8 Å². The zero-order valence-corrected chi connectivity index (χ0v) is 14.2. The number of hydrogen-bond donors (Lipinski definition) is 1. The summed E-state index contributed by atoms with van der Waals surface area (Å²) in [6.45, 7) is 5.14. The first-order valence-corrected chi connectivity index (χ1v) is 8.52. The van der Waals surface area contributed by atoms with Gasteiger partial charge >= 0.3 is 0 Å². The van der Waals surface area contributed by atoms with E-state index in [1.54, 1.807) is 6.92 Å². The second-order valence-electron chi connectivity index (χ2n) is 6.40. The molecule has 1 fully saturated rings. The average molecular weight is 325 g/mol. The number of amides is 2. The molecule has 0 aliphatic carbocycles. The minimum Gasteiger partial charge on any atom is -0.341 e. The number of rotatable bonds is 3. The number of pyridine rings is 1. The van der Waals surface area contributed by atoms with Gasteiger partial charge in [0.25, 0.3) is 5.91 Å². The van der Waals surface area contributed by atoms with Crippen LogP contribution in [0.5, 0.6) is 0 Å². The molecule has 1 saturated heterocycles. The third-order valence-electron chi connectivity index (χ3n) is 4.54. The number of nitrogens with one attached hydrogen (secondary N) is 1. The lowest BCUT2D eigenvalue weighted by Gasteiger charge is -2.29. The van der Waals surface area contributed by atoms with Crippen LogP contribution in [0.1, 0.15) is 42.2 Å². The standard InChI is InChI=1S/C19H23N3O2/c1-13-16(12-15-8-4-5-9-17(15)20-13)18(23)21-14(2)19(24)22-10-6-3-7-11-22/h4-5,8-9,12,14H,3,6-7,10-11H2,1-2H3,(H,21,23). The predicted molar refractivity (Wildman–Crippen MR) is 93.8 cm³/mol. The molecule has 1 aliphatic heterocycles. The summed E-state index contributed by atoms with van der Waals surface area (Å²) in [5.74, 6) is -0.252. The Bertz CT molecular complexity index is 766. The molecule has 2 heterocycles. The van der Waals surface area contributed by atoms with Gasteiger partial charge in [-0.1, -0.05) is 18.2 Å². The number of carbonyl (C=O) groups is 2. The summed E-state index contributed by atoms with van der Waals surface area (Å²) in [4.78, 5) is 31.4. The van der Waals surface area contributed by atoms with Crippen LogP contribution in [0.4, 0.5) is 0 Å². The van der Waals surface area contributed by atoms with E-state index >= 15 is 0 Å². The fourth-order valence-corrected chi connectivity index (χ4v) is 3.17. The molecule has 5 nitrogen and oxygen atoms in total. The Labute approximate surface area is 142 Å². The molecule has 0 saturated carbocycles. The van der Waals surface area contributed by atoms with Gasteiger partial charge < -0.3 is 10.2 Å². The van der Waals surface area contributed by atoms with Gasteiger partial charge in [0, 0.05) is 18.5 Å². The average Bonchev–Trinajstić information content (AvgIpc) is 2.61. The smallest absolute Gasteiger partial charge is 0.253 e. The van der Waals surface area contributed by atoms with Crippen molar-refractivity contribution in [3.8, 4) is 0 Å². The van der Waals surface area contributed by atoms with E-state index in [4.69, 9.17) is 0 Å². The number of aromatic nitrogens is 1. The van der Waals surface area contributed by atoms with E-state index < -0.39 is 6.04 Å². The third kappa shape index (κ3) is 3.40. The fourth-order valence-electron chi connectivity index (χ4n) is 3.17. The van der Waals surface area contributed by atoms with Crippen LogP contribution >= 0.6 is 0 Å². The van der Waals surface area contributed by atoms with Crippen molar-refractivity contribution in [3.05, 3.63) is 41.6 Å². The van der Waals surface area contributed by atoms with Crippen LogP contribution in [0, 0.1) is 6.92 Å². The highest BCUT2D eigenvalue weighted by molar-refractivity contribution is 6.00. The molecule has 1 aromatic carbocycles. The zero-order valence-electron chi connectivity index (χ0n) is 14.2. The molecule has 1 aromatic heterocycles. The van der Waals surface area contributed by atoms with Gasteiger partial charge in [-0.25, -0.2) is 0 Å². The van der Waals surface area contributed by atoms with Crippen LogP contribution in [0.2, 0.25) is 0 Å². The van der Waals surface area contributed by atoms with Crippen molar-refractivity contribution < 1.29 is 9.59 Å². The molecule has 0 radical (unpaired) electrons. The van der Waals surface area contributed by atoms with Crippen molar-refractivity contribution in [1.29, 1.82) is 0 Å². The van der Waals surface area contributed by atoms with Crippen LogP contribution in [0.3, 0.4) is 0 Å². The second kappa shape index (κ2) is 6.99. The molecular formula is C19H23N3O2. The van der Waals surface area contributed by atoms with Crippen LogP contribution in [0.15, 0.2) is 30.3 Å². The van der Waals surface area contributed by atoms with Crippen molar-refractivity contribution >= 4 is 22.7 Å². The van der Waals surface area contributed by atoms with Crippen LogP contribution in [-0.2, 0) is 4.79 Å². The summed E-state index contributed by atoms with van der Waals surface area (Å²) >= 11 is 0. The van der Waals surface area contributed by atoms with Gasteiger partial charge in [0.15, 0.2) is 0 Å². The SMILES string of the molecule is Cc1nc2ccccc2cc1C(=O)NC(C)C(=O)N1CCCCC1. The lowest BCUT2D eigenvalue weighted by atomic mass is 10.1. The fraction of sp³-hybridized carbons (Fsp3) is 0.421. The Morgan fingerprint density at radius 3 is 2.62 bits per heavy atom. The van der Waals surface area contributed by atoms with E-state index in [1.165, 1.54) is 6.42 Å². The minimum atomic E-state index is -0.526. The predicted octanol–water partition coefficient (Wildman–Crippen LogP) is 2.67. The Morgan fingerprint density at radius 1 is 1.17 bits per heavy atom. The van der Waals surface area contributed by atoms with Gasteiger partial charge in [-0.15, -0.1) is 0 Å². The van der Waals surface area contributed by atoms with Gasteiger partial charge in [-0.3, -0.25) is 14.6 Å². The number of likely N-dealkylation sites (tertiary alicyclic amines) is 1. The van der Waals surface area contributed by atoms with Crippen molar-refractivity contribution in [3.63, 3.8) is 0 Å². The van der Waals surface area contributed by atoms with Gasteiger partial charge in [-0.2, -0.15) is 0 Å². The maximum atomic E-state index is 12.6. The minimum absolute atomic E-state index is 0.00514. The maximum absolute atomic E-state index is 12.6. The summed E-state index contributed by atoms with van der Waals surface area (Å²) in [7, 11) is 0. The molecule has 1 unspecified atom stereocenters. The number of aryl methyl sites for hydroxylation is 1. The quantitative estimate of drug-likeness (QED) is 0.944. The van der Waals surface area contributed by atoms with E-state index in [-0.39, 0.29) is 11.8 Å². The van der Waals surface area contributed by atoms with Gasteiger partial charge in [-0.05, 0) is 45.2 Å². The summed E-state index contributed by atoms with van der Waals surface area (Å²) in [6, 6.07) is 9.01. The zero-order chi connectivity index (χ0) is 17.1. The molecule has 24 heavy (non-hydrogen) atoms. The normalized spacial score (nSPS) is 16.0. The highest BCUT2D eigenvalue weighted by Crippen LogP contribution is 2.16. The topological polar surface area (TPSA) is 62.3 Å². The number of carbonyl (C=O) groups excluding carboxylic acids is 2. The van der Waals surface area contributed by atoms with E-state index in [1.807, 2.05) is 42.2 Å². The molecule has 2 aromatic rings.